The van der Waals surface area contributed by atoms with E-state index >= 15 is 0 Å². The van der Waals surface area contributed by atoms with Crippen LogP contribution in [0.4, 0.5) is 5.69 Å². The van der Waals surface area contributed by atoms with Gasteiger partial charge in [-0.2, -0.15) is 0 Å². The fraction of sp³-hybridized carbons (Fsp3) is 0.533. The van der Waals surface area contributed by atoms with Crippen LogP contribution in [-0.4, -0.2) is 18.1 Å². The molecule has 0 bridgehead atoms. The SMILES string of the molecule is C[C@H](N)C(=O)Nc1ccc(COC2CCCC2)cc1.Cl. The number of hydrogen-bond donors (Lipinski definition) is 2. The molecule has 1 aliphatic rings. The number of rotatable bonds is 5. The van der Waals surface area contributed by atoms with Crippen LogP contribution in [0, 0.1) is 0 Å². The van der Waals surface area contributed by atoms with E-state index in [9.17, 15) is 4.79 Å². The maximum atomic E-state index is 11.4. The summed E-state index contributed by atoms with van der Waals surface area (Å²) in [6.07, 6.45) is 5.36. The number of halogens is 1. The Labute approximate surface area is 126 Å². The highest BCUT2D eigenvalue weighted by atomic mass is 35.5. The molecule has 20 heavy (non-hydrogen) atoms. The van der Waals surface area contributed by atoms with Crippen LogP contribution in [0.3, 0.4) is 0 Å². The van der Waals surface area contributed by atoms with Crippen molar-refractivity contribution in [3.8, 4) is 0 Å². The van der Waals surface area contributed by atoms with Crippen LogP contribution < -0.4 is 11.1 Å². The second kappa shape index (κ2) is 8.25. The van der Waals surface area contributed by atoms with Gasteiger partial charge in [0.25, 0.3) is 0 Å². The second-order valence-electron chi connectivity index (χ2n) is 5.19. The van der Waals surface area contributed by atoms with Gasteiger partial charge >= 0.3 is 0 Å². The molecule has 1 atom stereocenters. The number of carbonyl (C=O) groups is 1. The summed E-state index contributed by atoms with van der Waals surface area (Å²) in [4.78, 5) is 11.4. The van der Waals surface area contributed by atoms with Crippen LogP contribution >= 0.6 is 12.4 Å². The number of hydrogen-bond acceptors (Lipinski definition) is 3. The highest BCUT2D eigenvalue weighted by Gasteiger charge is 2.15. The van der Waals surface area contributed by atoms with E-state index in [1.54, 1.807) is 6.92 Å². The molecule has 112 valence electrons. The third-order valence-electron chi connectivity index (χ3n) is 3.42. The molecule has 0 heterocycles. The minimum absolute atomic E-state index is 0. The molecule has 1 aromatic carbocycles. The summed E-state index contributed by atoms with van der Waals surface area (Å²) in [5.74, 6) is -0.171. The van der Waals surface area contributed by atoms with Crippen molar-refractivity contribution in [1.29, 1.82) is 0 Å². The quantitative estimate of drug-likeness (QED) is 0.878. The van der Waals surface area contributed by atoms with Gasteiger partial charge in [-0.05, 0) is 37.5 Å². The van der Waals surface area contributed by atoms with Crippen molar-refractivity contribution in [1.82, 2.24) is 0 Å². The fourth-order valence-electron chi connectivity index (χ4n) is 2.21. The molecule has 0 saturated heterocycles. The first-order valence-corrected chi connectivity index (χ1v) is 6.92. The number of ether oxygens (including phenoxy) is 1. The monoisotopic (exact) mass is 298 g/mol. The van der Waals surface area contributed by atoms with Crippen molar-refractivity contribution in [3.05, 3.63) is 29.8 Å². The number of nitrogens with one attached hydrogen (secondary N) is 1. The van der Waals surface area contributed by atoms with Crippen LogP contribution in [0.15, 0.2) is 24.3 Å². The zero-order chi connectivity index (χ0) is 13.7. The van der Waals surface area contributed by atoms with E-state index in [-0.39, 0.29) is 18.3 Å². The van der Waals surface area contributed by atoms with E-state index in [2.05, 4.69) is 5.32 Å². The standard InChI is InChI=1S/C15H22N2O2.ClH/c1-11(16)15(18)17-13-8-6-12(7-9-13)10-19-14-4-2-3-5-14;/h6-9,11,14H,2-5,10,16H2,1H3,(H,17,18);1H/t11-;/m0./s1. The molecule has 0 unspecified atom stereocenters. The summed E-state index contributed by atoms with van der Waals surface area (Å²) in [5, 5.41) is 2.76. The van der Waals surface area contributed by atoms with Crippen LogP contribution in [0.25, 0.3) is 0 Å². The molecule has 1 aromatic rings. The van der Waals surface area contributed by atoms with Crippen LogP contribution in [0.2, 0.25) is 0 Å². The number of anilines is 1. The lowest BCUT2D eigenvalue weighted by Crippen LogP contribution is -2.32. The summed E-state index contributed by atoms with van der Waals surface area (Å²) in [7, 11) is 0. The molecular formula is C15H23ClN2O2. The number of nitrogens with two attached hydrogens (primary N) is 1. The summed E-state index contributed by atoms with van der Waals surface area (Å²) < 4.78 is 5.84. The van der Waals surface area contributed by atoms with Crippen molar-refractivity contribution in [2.45, 2.75) is 51.4 Å². The first-order chi connectivity index (χ1) is 9.15. The summed E-state index contributed by atoms with van der Waals surface area (Å²) in [6.45, 7) is 2.31. The zero-order valence-electron chi connectivity index (χ0n) is 11.8. The van der Waals surface area contributed by atoms with E-state index < -0.39 is 6.04 Å². The maximum absolute atomic E-state index is 11.4. The van der Waals surface area contributed by atoms with E-state index in [1.807, 2.05) is 24.3 Å². The lowest BCUT2D eigenvalue weighted by atomic mass is 10.2. The molecule has 3 N–H and O–H groups in total. The van der Waals surface area contributed by atoms with E-state index in [1.165, 1.54) is 25.7 Å². The van der Waals surface area contributed by atoms with Gasteiger partial charge < -0.3 is 15.8 Å². The van der Waals surface area contributed by atoms with Crippen molar-refractivity contribution in [3.63, 3.8) is 0 Å². The molecule has 0 aromatic heterocycles. The Hall–Kier alpha value is -1.10. The molecule has 1 saturated carbocycles. The molecule has 0 spiro atoms. The minimum Gasteiger partial charge on any atom is -0.374 e. The largest absolute Gasteiger partial charge is 0.374 e. The Balaban J connectivity index is 0.00000200. The van der Waals surface area contributed by atoms with Crippen molar-refractivity contribution < 1.29 is 9.53 Å². The maximum Gasteiger partial charge on any atom is 0.240 e. The summed E-state index contributed by atoms with van der Waals surface area (Å²) in [6, 6.07) is 7.23. The Morgan fingerprint density at radius 2 is 1.95 bits per heavy atom. The minimum atomic E-state index is -0.495. The lowest BCUT2D eigenvalue weighted by molar-refractivity contribution is -0.117. The molecule has 0 radical (unpaired) electrons. The Morgan fingerprint density at radius 3 is 2.50 bits per heavy atom. The van der Waals surface area contributed by atoms with Gasteiger partial charge in [-0.1, -0.05) is 25.0 Å². The summed E-state index contributed by atoms with van der Waals surface area (Å²) in [5.41, 5.74) is 7.40. The first-order valence-electron chi connectivity index (χ1n) is 6.92. The Morgan fingerprint density at radius 1 is 1.35 bits per heavy atom. The highest BCUT2D eigenvalue weighted by molar-refractivity contribution is 5.94. The number of benzene rings is 1. The van der Waals surface area contributed by atoms with Gasteiger partial charge in [-0.25, -0.2) is 0 Å². The molecule has 5 heteroatoms. The normalized spacial score (nSPS) is 16.5. The molecule has 1 amide bonds. The molecule has 1 fully saturated rings. The lowest BCUT2D eigenvalue weighted by Gasteiger charge is -2.12. The van der Waals surface area contributed by atoms with Crippen molar-refractivity contribution in [2.75, 3.05) is 5.32 Å². The molecule has 2 rings (SSSR count). The third-order valence-corrected chi connectivity index (χ3v) is 3.42. The summed E-state index contributed by atoms with van der Waals surface area (Å²) >= 11 is 0. The van der Waals surface area contributed by atoms with Gasteiger partial charge in [0.1, 0.15) is 0 Å². The molecule has 0 aliphatic heterocycles. The topological polar surface area (TPSA) is 64.4 Å². The van der Waals surface area contributed by atoms with Gasteiger partial charge in [0.05, 0.1) is 18.8 Å². The number of amides is 1. The van der Waals surface area contributed by atoms with E-state index in [4.69, 9.17) is 10.5 Å². The molecule has 1 aliphatic carbocycles. The third kappa shape index (κ3) is 5.12. The predicted octanol–water partition coefficient (Wildman–Crippen LogP) is 2.85. The van der Waals surface area contributed by atoms with E-state index in [0.29, 0.717) is 12.7 Å². The van der Waals surface area contributed by atoms with Crippen LogP contribution in [-0.2, 0) is 16.1 Å². The van der Waals surface area contributed by atoms with Crippen molar-refractivity contribution in [2.24, 2.45) is 5.73 Å². The zero-order valence-corrected chi connectivity index (χ0v) is 12.6. The van der Waals surface area contributed by atoms with Gasteiger partial charge in [0.15, 0.2) is 0 Å². The Bertz CT molecular complexity index is 414. The van der Waals surface area contributed by atoms with E-state index in [0.717, 1.165) is 11.3 Å². The highest BCUT2D eigenvalue weighted by Crippen LogP contribution is 2.22. The second-order valence-corrected chi connectivity index (χ2v) is 5.19. The molecular weight excluding hydrogens is 276 g/mol. The average Bonchev–Trinajstić information content (AvgIpc) is 2.91. The molecule has 4 nitrogen and oxygen atoms in total. The van der Waals surface area contributed by atoms with Crippen LogP contribution in [0.5, 0.6) is 0 Å². The van der Waals surface area contributed by atoms with Gasteiger partial charge in [-0.3, -0.25) is 4.79 Å². The van der Waals surface area contributed by atoms with Crippen LogP contribution in [0.1, 0.15) is 38.2 Å². The average molecular weight is 299 g/mol. The van der Waals surface area contributed by atoms with Crippen molar-refractivity contribution >= 4 is 24.0 Å². The Kier molecular flexibility index (Phi) is 6.99. The van der Waals surface area contributed by atoms with Gasteiger partial charge in [0.2, 0.25) is 5.91 Å². The fourth-order valence-corrected chi connectivity index (χ4v) is 2.21. The number of carbonyl (C=O) groups excluding carboxylic acids is 1. The predicted molar refractivity (Wildman–Crippen MR) is 83.0 cm³/mol. The van der Waals surface area contributed by atoms with Gasteiger partial charge in [0, 0.05) is 5.69 Å². The smallest absolute Gasteiger partial charge is 0.240 e. The van der Waals surface area contributed by atoms with Gasteiger partial charge in [-0.15, -0.1) is 12.4 Å². The first kappa shape index (κ1) is 17.0.